The second-order valence-corrected chi connectivity index (χ2v) is 4.00. The fourth-order valence-corrected chi connectivity index (χ4v) is 1.33. The topological polar surface area (TPSA) is 46.2 Å². The normalized spacial score (nSPS) is 16.5. The van der Waals surface area contributed by atoms with Crippen LogP contribution in [0.2, 0.25) is 0 Å². The van der Waals surface area contributed by atoms with Crippen molar-refractivity contribution in [3.05, 3.63) is 0 Å². The summed E-state index contributed by atoms with van der Waals surface area (Å²) in [5.41, 5.74) is 5.81. The van der Waals surface area contributed by atoms with Gasteiger partial charge < -0.3 is 10.8 Å². The van der Waals surface area contributed by atoms with Crippen LogP contribution in [0.1, 0.15) is 46.5 Å². The Kier molecular flexibility index (Phi) is 6.39. The molecular weight excluding hydrogens is 150 g/mol. The van der Waals surface area contributed by atoms with Crippen LogP contribution in [0.25, 0.3) is 0 Å². The summed E-state index contributed by atoms with van der Waals surface area (Å²) in [5.74, 6) is 0.580. The van der Waals surface area contributed by atoms with Gasteiger partial charge in [0.25, 0.3) is 0 Å². The standard InChI is InChI=1S/C10H23NO/c1-4-5-6-10(12)9(11)7-8(2)3/h8-10,12H,4-7,11H2,1-3H3/t9-,10?/m0/s1. The number of hydrogen-bond donors (Lipinski definition) is 2. The fourth-order valence-electron chi connectivity index (χ4n) is 1.33. The van der Waals surface area contributed by atoms with Crippen LogP contribution in [-0.4, -0.2) is 17.3 Å². The van der Waals surface area contributed by atoms with Gasteiger partial charge in [0.05, 0.1) is 6.10 Å². The van der Waals surface area contributed by atoms with Crippen molar-refractivity contribution in [1.82, 2.24) is 0 Å². The molecule has 2 heteroatoms. The molecule has 0 rings (SSSR count). The van der Waals surface area contributed by atoms with E-state index in [4.69, 9.17) is 5.73 Å². The quantitative estimate of drug-likeness (QED) is 0.644. The van der Waals surface area contributed by atoms with E-state index in [2.05, 4.69) is 20.8 Å². The molecule has 2 nitrogen and oxygen atoms in total. The lowest BCUT2D eigenvalue weighted by Crippen LogP contribution is -2.35. The Bertz CT molecular complexity index is 104. The summed E-state index contributed by atoms with van der Waals surface area (Å²) < 4.78 is 0. The van der Waals surface area contributed by atoms with Crippen LogP contribution in [0.15, 0.2) is 0 Å². The zero-order chi connectivity index (χ0) is 9.56. The van der Waals surface area contributed by atoms with E-state index in [9.17, 15) is 5.11 Å². The van der Waals surface area contributed by atoms with E-state index in [1.165, 1.54) is 0 Å². The molecule has 0 aliphatic carbocycles. The first-order valence-corrected chi connectivity index (χ1v) is 5.01. The van der Waals surface area contributed by atoms with Crippen LogP contribution in [-0.2, 0) is 0 Å². The van der Waals surface area contributed by atoms with Crippen molar-refractivity contribution in [2.45, 2.75) is 58.6 Å². The average Bonchev–Trinajstić information content (AvgIpc) is 1.98. The number of aliphatic hydroxyl groups is 1. The minimum atomic E-state index is -0.299. The molecule has 0 aromatic heterocycles. The van der Waals surface area contributed by atoms with Crippen LogP contribution in [0.3, 0.4) is 0 Å². The molecule has 0 spiro atoms. The molecule has 0 saturated heterocycles. The van der Waals surface area contributed by atoms with Gasteiger partial charge in [-0.1, -0.05) is 33.6 Å². The van der Waals surface area contributed by atoms with Crippen LogP contribution in [0.5, 0.6) is 0 Å². The molecule has 0 aromatic carbocycles. The third-order valence-electron chi connectivity index (χ3n) is 2.09. The van der Waals surface area contributed by atoms with Gasteiger partial charge in [-0.25, -0.2) is 0 Å². The highest BCUT2D eigenvalue weighted by atomic mass is 16.3. The molecule has 0 amide bonds. The summed E-state index contributed by atoms with van der Waals surface area (Å²) in [5, 5.41) is 9.57. The van der Waals surface area contributed by atoms with Crippen LogP contribution < -0.4 is 5.73 Å². The van der Waals surface area contributed by atoms with Gasteiger partial charge in [-0.15, -0.1) is 0 Å². The molecule has 74 valence electrons. The van der Waals surface area contributed by atoms with E-state index in [0.717, 1.165) is 25.7 Å². The number of unbranched alkanes of at least 4 members (excludes halogenated alkanes) is 1. The lowest BCUT2D eigenvalue weighted by atomic mass is 9.97. The first kappa shape index (κ1) is 11.9. The molecule has 0 fully saturated rings. The molecule has 0 aliphatic heterocycles. The highest BCUT2D eigenvalue weighted by Gasteiger charge is 2.14. The molecule has 1 unspecified atom stereocenters. The van der Waals surface area contributed by atoms with Crippen molar-refractivity contribution < 1.29 is 5.11 Å². The van der Waals surface area contributed by atoms with Crippen LogP contribution >= 0.6 is 0 Å². The van der Waals surface area contributed by atoms with Gasteiger partial charge in [0.15, 0.2) is 0 Å². The summed E-state index contributed by atoms with van der Waals surface area (Å²) in [6.07, 6.45) is 3.68. The fraction of sp³-hybridized carbons (Fsp3) is 1.00. The minimum absolute atomic E-state index is 0.0310. The summed E-state index contributed by atoms with van der Waals surface area (Å²) in [4.78, 5) is 0. The van der Waals surface area contributed by atoms with E-state index < -0.39 is 0 Å². The van der Waals surface area contributed by atoms with Gasteiger partial charge in [-0.2, -0.15) is 0 Å². The Labute approximate surface area is 76.2 Å². The van der Waals surface area contributed by atoms with E-state index in [0.29, 0.717) is 5.92 Å². The van der Waals surface area contributed by atoms with Crippen molar-refractivity contribution in [3.8, 4) is 0 Å². The molecule has 0 radical (unpaired) electrons. The zero-order valence-electron chi connectivity index (χ0n) is 8.59. The molecule has 2 atom stereocenters. The van der Waals surface area contributed by atoms with Crippen molar-refractivity contribution in [2.24, 2.45) is 11.7 Å². The third kappa shape index (κ3) is 5.56. The predicted octanol–water partition coefficient (Wildman–Crippen LogP) is 1.91. The highest BCUT2D eigenvalue weighted by molar-refractivity contribution is 4.72. The zero-order valence-corrected chi connectivity index (χ0v) is 8.59. The minimum Gasteiger partial charge on any atom is -0.392 e. The molecule has 12 heavy (non-hydrogen) atoms. The first-order valence-electron chi connectivity index (χ1n) is 5.01. The maximum Gasteiger partial charge on any atom is 0.0691 e. The van der Waals surface area contributed by atoms with Gasteiger partial charge in [0.2, 0.25) is 0 Å². The molecular formula is C10H23NO. The Morgan fingerprint density at radius 1 is 1.33 bits per heavy atom. The van der Waals surface area contributed by atoms with Crippen molar-refractivity contribution in [2.75, 3.05) is 0 Å². The van der Waals surface area contributed by atoms with E-state index in [1.807, 2.05) is 0 Å². The molecule has 0 aromatic rings. The molecule has 0 heterocycles. The molecule has 3 N–H and O–H groups in total. The van der Waals surface area contributed by atoms with Gasteiger partial charge in [-0.05, 0) is 18.8 Å². The largest absolute Gasteiger partial charge is 0.392 e. The maximum atomic E-state index is 9.57. The molecule has 0 saturated carbocycles. The van der Waals surface area contributed by atoms with Crippen molar-refractivity contribution in [1.29, 1.82) is 0 Å². The third-order valence-corrected chi connectivity index (χ3v) is 2.09. The average molecular weight is 173 g/mol. The van der Waals surface area contributed by atoms with Crippen molar-refractivity contribution in [3.63, 3.8) is 0 Å². The van der Waals surface area contributed by atoms with Gasteiger partial charge >= 0.3 is 0 Å². The molecule has 0 aliphatic rings. The number of hydrogen-bond acceptors (Lipinski definition) is 2. The highest BCUT2D eigenvalue weighted by Crippen LogP contribution is 2.10. The summed E-state index contributed by atoms with van der Waals surface area (Å²) in [6.45, 7) is 6.39. The van der Waals surface area contributed by atoms with E-state index in [1.54, 1.807) is 0 Å². The monoisotopic (exact) mass is 173 g/mol. The Morgan fingerprint density at radius 3 is 2.33 bits per heavy atom. The van der Waals surface area contributed by atoms with Gasteiger partial charge in [0, 0.05) is 6.04 Å². The lowest BCUT2D eigenvalue weighted by molar-refractivity contribution is 0.123. The van der Waals surface area contributed by atoms with Gasteiger partial charge in [-0.3, -0.25) is 0 Å². The summed E-state index contributed by atoms with van der Waals surface area (Å²) >= 11 is 0. The summed E-state index contributed by atoms with van der Waals surface area (Å²) in [6, 6.07) is -0.0310. The Hall–Kier alpha value is -0.0800. The summed E-state index contributed by atoms with van der Waals surface area (Å²) in [7, 11) is 0. The second kappa shape index (κ2) is 6.44. The molecule has 0 bridgehead atoms. The van der Waals surface area contributed by atoms with E-state index >= 15 is 0 Å². The SMILES string of the molecule is CCCCC(O)[C@@H](N)CC(C)C. The number of nitrogens with two attached hydrogens (primary N) is 1. The lowest BCUT2D eigenvalue weighted by Gasteiger charge is -2.20. The predicted molar refractivity (Wildman–Crippen MR) is 53.0 cm³/mol. The van der Waals surface area contributed by atoms with Crippen molar-refractivity contribution >= 4 is 0 Å². The number of rotatable bonds is 6. The first-order chi connectivity index (χ1) is 5.57. The Balaban J connectivity index is 3.53. The second-order valence-electron chi connectivity index (χ2n) is 4.00. The number of aliphatic hydroxyl groups excluding tert-OH is 1. The van der Waals surface area contributed by atoms with E-state index in [-0.39, 0.29) is 12.1 Å². The Morgan fingerprint density at radius 2 is 1.92 bits per heavy atom. The van der Waals surface area contributed by atoms with Crippen LogP contribution in [0, 0.1) is 5.92 Å². The smallest absolute Gasteiger partial charge is 0.0691 e. The van der Waals surface area contributed by atoms with Crippen LogP contribution in [0.4, 0.5) is 0 Å². The maximum absolute atomic E-state index is 9.57. The van der Waals surface area contributed by atoms with Gasteiger partial charge in [0.1, 0.15) is 0 Å².